The third-order valence-electron chi connectivity index (χ3n) is 3.36. The second kappa shape index (κ2) is 7.04. The molecule has 0 bridgehead atoms. The number of carbonyl (C=O) groups is 1. The van der Waals surface area contributed by atoms with Crippen molar-refractivity contribution in [1.29, 1.82) is 0 Å². The van der Waals surface area contributed by atoms with Gasteiger partial charge in [0, 0.05) is 16.0 Å². The van der Waals surface area contributed by atoms with Crippen LogP contribution in [0, 0.1) is 0 Å². The zero-order valence-corrected chi connectivity index (χ0v) is 14.5. The Bertz CT molecular complexity index is 689. The van der Waals surface area contributed by atoms with Crippen molar-refractivity contribution in [1.82, 2.24) is 10.3 Å². The Labute approximate surface area is 141 Å². The number of hydrogen-bond acceptors (Lipinski definition) is 4. The van der Waals surface area contributed by atoms with Gasteiger partial charge in [0.1, 0.15) is 11.5 Å². The maximum Gasteiger partial charge on any atom is 0.225 e. The van der Waals surface area contributed by atoms with Crippen LogP contribution in [0.2, 0.25) is 5.02 Å². The fourth-order valence-electron chi connectivity index (χ4n) is 2.04. The molecule has 0 unspecified atom stereocenters. The molecule has 0 atom stereocenters. The molecule has 124 valence electrons. The molecule has 1 aromatic carbocycles. The average Bonchev–Trinajstić information content (AvgIpc) is 2.96. The van der Waals surface area contributed by atoms with Gasteiger partial charge >= 0.3 is 0 Å². The van der Waals surface area contributed by atoms with E-state index in [1.54, 1.807) is 31.5 Å². The summed E-state index contributed by atoms with van der Waals surface area (Å²) < 4.78 is 10.9. The number of hydrogen-bond donors (Lipinski definition) is 1. The number of carbonyl (C=O) groups excluding carboxylic acids is 1. The first-order valence-corrected chi connectivity index (χ1v) is 7.72. The lowest BCUT2D eigenvalue weighted by Gasteiger charge is -2.13. The summed E-state index contributed by atoms with van der Waals surface area (Å²) in [5, 5.41) is 3.29. The maximum absolute atomic E-state index is 12.1. The van der Waals surface area contributed by atoms with Gasteiger partial charge in [-0.3, -0.25) is 4.79 Å². The summed E-state index contributed by atoms with van der Waals surface area (Å²) in [4.78, 5) is 16.3. The minimum absolute atomic E-state index is 0.111. The molecular formula is C17H21ClN2O3. The molecule has 0 aliphatic carbocycles. The summed E-state index contributed by atoms with van der Waals surface area (Å²) in [6, 6.07) is 5.29. The highest BCUT2D eigenvalue weighted by Crippen LogP contribution is 2.26. The van der Waals surface area contributed by atoms with Crippen LogP contribution in [0.4, 0.5) is 0 Å². The van der Waals surface area contributed by atoms with E-state index < -0.39 is 0 Å². The second-order valence-corrected chi connectivity index (χ2v) is 6.65. The van der Waals surface area contributed by atoms with Gasteiger partial charge in [-0.15, -0.1) is 0 Å². The molecule has 0 fully saturated rings. The summed E-state index contributed by atoms with van der Waals surface area (Å²) in [6.45, 7) is 6.36. The van der Waals surface area contributed by atoms with E-state index in [2.05, 4.69) is 10.3 Å². The van der Waals surface area contributed by atoms with Crippen molar-refractivity contribution in [2.45, 2.75) is 39.2 Å². The molecule has 0 aliphatic rings. The number of halogens is 1. The molecule has 0 aliphatic heterocycles. The van der Waals surface area contributed by atoms with Gasteiger partial charge in [-0.25, -0.2) is 4.98 Å². The van der Waals surface area contributed by atoms with Crippen molar-refractivity contribution in [3.63, 3.8) is 0 Å². The summed E-state index contributed by atoms with van der Waals surface area (Å²) in [6.07, 6.45) is 1.83. The van der Waals surface area contributed by atoms with Crippen LogP contribution in [-0.2, 0) is 23.2 Å². The third-order valence-corrected chi connectivity index (χ3v) is 3.72. The normalized spacial score (nSPS) is 11.3. The van der Waals surface area contributed by atoms with Crippen LogP contribution in [0.25, 0.3) is 0 Å². The summed E-state index contributed by atoms with van der Waals surface area (Å²) in [5.41, 5.74) is 0.553. The van der Waals surface area contributed by atoms with Crippen LogP contribution < -0.4 is 10.1 Å². The van der Waals surface area contributed by atoms with Gasteiger partial charge in [0.15, 0.2) is 0 Å². The van der Waals surface area contributed by atoms with Crippen molar-refractivity contribution in [3.8, 4) is 5.75 Å². The van der Waals surface area contributed by atoms with E-state index in [0.717, 1.165) is 5.76 Å². The van der Waals surface area contributed by atoms with Crippen LogP contribution in [0.1, 0.15) is 38.0 Å². The quantitative estimate of drug-likeness (QED) is 0.907. The van der Waals surface area contributed by atoms with Gasteiger partial charge < -0.3 is 14.5 Å². The number of nitrogens with one attached hydrogen (secondary N) is 1. The summed E-state index contributed by atoms with van der Waals surface area (Å²) >= 11 is 6.13. The monoisotopic (exact) mass is 336 g/mol. The number of rotatable bonds is 5. The Kier molecular flexibility index (Phi) is 5.31. The molecule has 6 heteroatoms. The van der Waals surface area contributed by atoms with E-state index in [1.807, 2.05) is 20.8 Å². The Morgan fingerprint density at radius 2 is 2.13 bits per heavy atom. The Morgan fingerprint density at radius 1 is 1.39 bits per heavy atom. The number of amides is 1. The van der Waals surface area contributed by atoms with Crippen molar-refractivity contribution in [2.24, 2.45) is 0 Å². The van der Waals surface area contributed by atoms with Crippen LogP contribution in [0.5, 0.6) is 5.75 Å². The lowest BCUT2D eigenvalue weighted by atomic mass is 9.94. The minimum atomic E-state index is -0.174. The van der Waals surface area contributed by atoms with Gasteiger partial charge in [-0.05, 0) is 12.1 Å². The van der Waals surface area contributed by atoms with E-state index in [9.17, 15) is 4.79 Å². The summed E-state index contributed by atoms with van der Waals surface area (Å²) in [7, 11) is 1.55. The lowest BCUT2D eigenvalue weighted by molar-refractivity contribution is -0.120. The van der Waals surface area contributed by atoms with Crippen LogP contribution in [0.15, 0.2) is 28.8 Å². The highest BCUT2D eigenvalue weighted by Gasteiger charge is 2.19. The topological polar surface area (TPSA) is 64.4 Å². The molecule has 2 rings (SSSR count). The van der Waals surface area contributed by atoms with E-state index in [-0.39, 0.29) is 24.3 Å². The Hall–Kier alpha value is -2.01. The number of methoxy groups -OCH3 is 1. The van der Waals surface area contributed by atoms with Gasteiger partial charge in [-0.2, -0.15) is 0 Å². The highest BCUT2D eigenvalue weighted by molar-refractivity contribution is 6.31. The molecule has 1 amide bonds. The van der Waals surface area contributed by atoms with Crippen molar-refractivity contribution in [2.75, 3.05) is 7.11 Å². The van der Waals surface area contributed by atoms with E-state index >= 15 is 0 Å². The fourth-order valence-corrected chi connectivity index (χ4v) is 2.27. The molecule has 0 spiro atoms. The first-order chi connectivity index (χ1) is 10.8. The number of benzene rings is 1. The second-order valence-electron chi connectivity index (χ2n) is 6.24. The highest BCUT2D eigenvalue weighted by atomic mass is 35.5. The van der Waals surface area contributed by atoms with E-state index in [1.165, 1.54) is 0 Å². The predicted molar refractivity (Wildman–Crippen MR) is 88.8 cm³/mol. The van der Waals surface area contributed by atoms with Crippen molar-refractivity contribution in [3.05, 3.63) is 46.6 Å². The molecular weight excluding hydrogens is 316 g/mol. The van der Waals surface area contributed by atoms with Gasteiger partial charge in [0.2, 0.25) is 11.8 Å². The molecule has 1 heterocycles. The van der Waals surface area contributed by atoms with Crippen molar-refractivity contribution >= 4 is 17.5 Å². The largest absolute Gasteiger partial charge is 0.496 e. The Morgan fingerprint density at radius 3 is 2.74 bits per heavy atom. The molecule has 0 saturated carbocycles. The van der Waals surface area contributed by atoms with Gasteiger partial charge in [0.25, 0.3) is 0 Å². The van der Waals surface area contributed by atoms with E-state index in [0.29, 0.717) is 22.2 Å². The SMILES string of the molecule is COc1cccc(Cl)c1CC(=O)NCc1ncc(C(C)(C)C)o1. The molecule has 5 nitrogen and oxygen atoms in total. The summed E-state index contributed by atoms with van der Waals surface area (Å²) in [5.74, 6) is 1.69. The zero-order chi connectivity index (χ0) is 17.0. The lowest BCUT2D eigenvalue weighted by Crippen LogP contribution is -2.25. The van der Waals surface area contributed by atoms with Crippen LogP contribution in [-0.4, -0.2) is 18.0 Å². The van der Waals surface area contributed by atoms with Gasteiger partial charge in [0.05, 0.1) is 26.3 Å². The molecule has 2 aromatic rings. The third kappa shape index (κ3) is 4.48. The van der Waals surface area contributed by atoms with Crippen LogP contribution in [0.3, 0.4) is 0 Å². The molecule has 0 saturated heterocycles. The first kappa shape index (κ1) is 17.3. The van der Waals surface area contributed by atoms with Gasteiger partial charge in [-0.1, -0.05) is 38.4 Å². The molecule has 1 aromatic heterocycles. The molecule has 0 radical (unpaired) electrons. The molecule has 1 N–H and O–H groups in total. The maximum atomic E-state index is 12.1. The van der Waals surface area contributed by atoms with E-state index in [4.69, 9.17) is 20.8 Å². The molecule has 23 heavy (non-hydrogen) atoms. The number of nitrogens with zero attached hydrogens (tertiary/aromatic N) is 1. The van der Waals surface area contributed by atoms with Crippen molar-refractivity contribution < 1.29 is 13.9 Å². The smallest absolute Gasteiger partial charge is 0.225 e. The minimum Gasteiger partial charge on any atom is -0.496 e. The Balaban J connectivity index is 1.97. The van der Waals surface area contributed by atoms with Crippen LogP contribution >= 0.6 is 11.6 Å². The first-order valence-electron chi connectivity index (χ1n) is 7.34. The number of oxazole rings is 1. The zero-order valence-electron chi connectivity index (χ0n) is 13.8. The predicted octanol–water partition coefficient (Wildman–Crippen LogP) is 3.49. The number of ether oxygens (including phenoxy) is 1. The number of aromatic nitrogens is 1. The average molecular weight is 337 g/mol. The fraction of sp³-hybridized carbons (Fsp3) is 0.412. The standard InChI is InChI=1S/C17H21ClN2O3/c1-17(2,3)14-9-20-16(23-14)10-19-15(21)8-11-12(18)6-5-7-13(11)22-4/h5-7,9H,8,10H2,1-4H3,(H,19,21).